The maximum absolute atomic E-state index is 11.8. The van der Waals surface area contributed by atoms with E-state index in [1.807, 2.05) is 4.31 Å². The first-order valence-corrected chi connectivity index (χ1v) is 6.50. The molecule has 1 N–H and O–H groups in total. The fraction of sp³-hybridized carbons (Fsp3) is 0.889. The second kappa shape index (κ2) is 4.59. The van der Waals surface area contributed by atoms with Gasteiger partial charge in [0.1, 0.15) is 11.0 Å². The van der Waals surface area contributed by atoms with Crippen LogP contribution in [0, 0.1) is 5.92 Å². The van der Waals surface area contributed by atoms with Crippen LogP contribution in [-0.4, -0.2) is 56.5 Å². The lowest BCUT2D eigenvalue weighted by Crippen LogP contribution is -2.48. The summed E-state index contributed by atoms with van der Waals surface area (Å²) in [6.45, 7) is 2.37. The Kier molecular flexibility index (Phi) is 3.38. The first kappa shape index (κ1) is 11.0. The first-order valence-electron chi connectivity index (χ1n) is 5.23. The third kappa shape index (κ3) is 3.25. The van der Waals surface area contributed by atoms with Gasteiger partial charge in [0, 0.05) is 19.6 Å². The van der Waals surface area contributed by atoms with Crippen molar-refractivity contribution in [3.63, 3.8) is 0 Å². The fourth-order valence-electron chi connectivity index (χ4n) is 1.74. The van der Waals surface area contributed by atoms with Crippen LogP contribution in [0.4, 0.5) is 0 Å². The van der Waals surface area contributed by atoms with Crippen LogP contribution in [0.2, 0.25) is 0 Å². The van der Waals surface area contributed by atoms with Crippen molar-refractivity contribution in [3.05, 3.63) is 0 Å². The quantitative estimate of drug-likeness (QED) is 0.724. The molecule has 0 aromatic rings. The van der Waals surface area contributed by atoms with E-state index in [-0.39, 0.29) is 6.54 Å². The van der Waals surface area contributed by atoms with Gasteiger partial charge >= 0.3 is 5.97 Å². The summed E-state index contributed by atoms with van der Waals surface area (Å²) in [6, 6.07) is 0. The molecule has 1 aliphatic heterocycles. The zero-order valence-corrected chi connectivity index (χ0v) is 9.41. The third-order valence-corrected chi connectivity index (χ3v) is 4.26. The summed E-state index contributed by atoms with van der Waals surface area (Å²) in [5, 5.41) is 8.62. The molecular weight excluding hydrogens is 216 g/mol. The van der Waals surface area contributed by atoms with Crippen molar-refractivity contribution in [1.29, 1.82) is 0 Å². The maximum Gasteiger partial charge on any atom is 0.317 e. The number of aliphatic carboxylic acids is 1. The molecular formula is C9H16N2O3S. The molecule has 1 saturated heterocycles. The summed E-state index contributed by atoms with van der Waals surface area (Å²) in [4.78, 5) is 12.2. The van der Waals surface area contributed by atoms with Gasteiger partial charge in [-0.05, 0) is 18.8 Å². The molecule has 5 nitrogen and oxygen atoms in total. The van der Waals surface area contributed by atoms with E-state index in [1.54, 1.807) is 4.90 Å². The van der Waals surface area contributed by atoms with Gasteiger partial charge in [0.15, 0.2) is 0 Å². The predicted octanol–water partition coefficient (Wildman–Crippen LogP) is -0.280. The van der Waals surface area contributed by atoms with Crippen molar-refractivity contribution in [2.45, 2.75) is 12.8 Å². The Morgan fingerprint density at radius 3 is 2.67 bits per heavy atom. The number of nitrogens with zero attached hydrogens (tertiary/aromatic N) is 2. The van der Waals surface area contributed by atoms with Crippen LogP contribution >= 0.6 is 0 Å². The lowest BCUT2D eigenvalue weighted by Gasteiger charge is -2.32. The lowest BCUT2D eigenvalue weighted by atomic mass is 10.4. The van der Waals surface area contributed by atoms with Gasteiger partial charge in [0.25, 0.3) is 0 Å². The van der Waals surface area contributed by atoms with Crippen molar-refractivity contribution < 1.29 is 14.1 Å². The van der Waals surface area contributed by atoms with E-state index in [0.717, 1.165) is 19.0 Å². The molecule has 0 amide bonds. The molecule has 2 rings (SSSR count). The Balaban J connectivity index is 1.79. The minimum atomic E-state index is -1.01. The average Bonchev–Trinajstić information content (AvgIpc) is 2.92. The normalized spacial score (nSPS) is 29.2. The molecule has 2 fully saturated rings. The van der Waals surface area contributed by atoms with Crippen LogP contribution in [-0.2, 0) is 15.8 Å². The zero-order valence-electron chi connectivity index (χ0n) is 8.59. The highest BCUT2D eigenvalue weighted by Gasteiger charge is 2.30. The van der Waals surface area contributed by atoms with Crippen molar-refractivity contribution in [1.82, 2.24) is 9.21 Å². The molecule has 1 saturated carbocycles. The Hall–Kier alpha value is -0.460. The SMILES string of the molecule is O=C(O)CN1CCN(CC2CC2)S(=O)C1. The molecule has 2 aliphatic rings. The molecule has 0 aromatic carbocycles. The van der Waals surface area contributed by atoms with E-state index in [2.05, 4.69) is 0 Å². The standard InChI is InChI=1S/C9H16N2O3S/c12-9(13)6-10-3-4-11(15(14)7-10)5-8-1-2-8/h8H,1-7H2,(H,12,13). The van der Waals surface area contributed by atoms with E-state index in [9.17, 15) is 9.00 Å². The molecule has 6 heteroatoms. The van der Waals surface area contributed by atoms with Gasteiger partial charge in [-0.2, -0.15) is 0 Å². The largest absolute Gasteiger partial charge is 0.480 e. The summed E-state index contributed by atoms with van der Waals surface area (Å²) in [7, 11) is -1.01. The van der Waals surface area contributed by atoms with Crippen molar-refractivity contribution in [2.75, 3.05) is 32.1 Å². The highest BCUT2D eigenvalue weighted by atomic mass is 32.2. The Morgan fingerprint density at radius 1 is 1.40 bits per heavy atom. The van der Waals surface area contributed by atoms with Gasteiger partial charge in [-0.15, -0.1) is 0 Å². The second-order valence-electron chi connectivity index (χ2n) is 4.23. The summed E-state index contributed by atoms with van der Waals surface area (Å²) in [6.07, 6.45) is 2.51. The van der Waals surface area contributed by atoms with E-state index in [4.69, 9.17) is 5.11 Å². The van der Waals surface area contributed by atoms with Crippen molar-refractivity contribution in [2.24, 2.45) is 5.92 Å². The highest BCUT2D eigenvalue weighted by molar-refractivity contribution is 7.82. The average molecular weight is 232 g/mol. The maximum atomic E-state index is 11.8. The van der Waals surface area contributed by atoms with E-state index in [0.29, 0.717) is 12.4 Å². The molecule has 1 aliphatic carbocycles. The second-order valence-corrected chi connectivity index (χ2v) is 5.65. The van der Waals surface area contributed by atoms with Crippen LogP contribution in [0.5, 0.6) is 0 Å². The lowest BCUT2D eigenvalue weighted by molar-refractivity contribution is -0.138. The predicted molar refractivity (Wildman–Crippen MR) is 56.5 cm³/mol. The smallest absolute Gasteiger partial charge is 0.317 e. The Morgan fingerprint density at radius 2 is 2.13 bits per heavy atom. The van der Waals surface area contributed by atoms with Crippen LogP contribution in [0.15, 0.2) is 0 Å². The minimum absolute atomic E-state index is 0.00298. The number of carboxylic acids is 1. The van der Waals surface area contributed by atoms with Crippen LogP contribution in [0.25, 0.3) is 0 Å². The van der Waals surface area contributed by atoms with Gasteiger partial charge in [-0.1, -0.05) is 0 Å². The third-order valence-electron chi connectivity index (χ3n) is 2.76. The van der Waals surface area contributed by atoms with E-state index >= 15 is 0 Å². The molecule has 0 bridgehead atoms. The number of carboxylic acid groups (broad SMARTS) is 1. The monoisotopic (exact) mass is 232 g/mol. The number of rotatable bonds is 4. The van der Waals surface area contributed by atoms with Gasteiger partial charge < -0.3 is 5.11 Å². The summed E-state index contributed by atoms with van der Waals surface area (Å²) in [5.74, 6) is 0.265. The fourth-order valence-corrected chi connectivity index (χ4v) is 3.09. The van der Waals surface area contributed by atoms with Gasteiger partial charge in [-0.3, -0.25) is 9.69 Å². The molecule has 1 unspecified atom stereocenters. The van der Waals surface area contributed by atoms with Crippen LogP contribution < -0.4 is 0 Å². The topological polar surface area (TPSA) is 60.9 Å². The van der Waals surface area contributed by atoms with E-state index < -0.39 is 17.0 Å². The number of hydrogen-bond acceptors (Lipinski definition) is 3. The van der Waals surface area contributed by atoms with E-state index in [1.165, 1.54) is 12.8 Å². The first-order chi connectivity index (χ1) is 7.15. The molecule has 0 spiro atoms. The van der Waals surface area contributed by atoms with Gasteiger partial charge in [0.2, 0.25) is 0 Å². The summed E-state index contributed by atoms with van der Waals surface area (Å²) < 4.78 is 13.7. The summed E-state index contributed by atoms with van der Waals surface area (Å²) >= 11 is 0. The molecule has 15 heavy (non-hydrogen) atoms. The molecule has 0 aromatic heterocycles. The van der Waals surface area contributed by atoms with Crippen LogP contribution in [0.3, 0.4) is 0 Å². The van der Waals surface area contributed by atoms with Gasteiger partial charge in [0.05, 0.1) is 12.4 Å². The minimum Gasteiger partial charge on any atom is -0.480 e. The Labute approximate surface area is 91.6 Å². The highest BCUT2D eigenvalue weighted by Crippen LogP contribution is 2.30. The molecule has 0 radical (unpaired) electrons. The molecule has 1 atom stereocenters. The molecule has 1 heterocycles. The van der Waals surface area contributed by atoms with Crippen LogP contribution in [0.1, 0.15) is 12.8 Å². The van der Waals surface area contributed by atoms with Crippen molar-refractivity contribution in [3.8, 4) is 0 Å². The van der Waals surface area contributed by atoms with Crippen molar-refractivity contribution >= 4 is 17.0 Å². The number of hydrogen-bond donors (Lipinski definition) is 1. The van der Waals surface area contributed by atoms with Gasteiger partial charge in [-0.25, -0.2) is 8.51 Å². The Bertz CT molecular complexity index is 281. The number of carbonyl (C=O) groups is 1. The molecule has 86 valence electrons. The summed E-state index contributed by atoms with van der Waals surface area (Å²) in [5.41, 5.74) is 0. The zero-order chi connectivity index (χ0) is 10.8.